The summed E-state index contributed by atoms with van der Waals surface area (Å²) in [6, 6.07) is 0.888. The lowest BCUT2D eigenvalue weighted by Gasteiger charge is -2.12. The van der Waals surface area contributed by atoms with Crippen LogP contribution in [0, 0.1) is 0 Å². The molecule has 21 heavy (non-hydrogen) atoms. The second-order valence-electron chi connectivity index (χ2n) is 4.09. The average molecular weight is 332 g/mol. The largest absolute Gasteiger partial charge is 0.416 e. The van der Waals surface area contributed by atoms with Crippen molar-refractivity contribution in [2.45, 2.75) is 19.3 Å². The predicted molar refractivity (Wildman–Crippen MR) is 64.9 cm³/mol. The fourth-order valence-corrected chi connectivity index (χ4v) is 1.91. The van der Waals surface area contributed by atoms with Crippen LogP contribution in [0.4, 0.5) is 26.3 Å². The summed E-state index contributed by atoms with van der Waals surface area (Å²) >= 11 is 0. The highest BCUT2D eigenvalue weighted by Crippen LogP contribution is 2.36. The van der Waals surface area contributed by atoms with Gasteiger partial charge in [0.2, 0.25) is 0 Å². The minimum absolute atomic E-state index is 0.0222. The van der Waals surface area contributed by atoms with Crippen LogP contribution in [0.3, 0.4) is 0 Å². The third-order valence-electron chi connectivity index (χ3n) is 2.48. The molecule has 0 N–H and O–H groups in total. The lowest BCUT2D eigenvalue weighted by Crippen LogP contribution is -2.11. The van der Waals surface area contributed by atoms with Crippen LogP contribution in [-0.4, -0.2) is 14.2 Å². The van der Waals surface area contributed by atoms with E-state index < -0.39 is 38.9 Å². The molecule has 9 heteroatoms. The van der Waals surface area contributed by atoms with Crippen molar-refractivity contribution in [2.75, 3.05) is 5.75 Å². The van der Waals surface area contributed by atoms with E-state index in [0.717, 1.165) is 0 Å². The van der Waals surface area contributed by atoms with Crippen LogP contribution < -0.4 is 0 Å². The number of alkyl halides is 6. The predicted octanol–water partition coefficient (Wildman–Crippen LogP) is 4.13. The first-order valence-corrected chi connectivity index (χ1v) is 7.27. The fraction of sp³-hybridized carbons (Fsp3) is 0.333. The second kappa shape index (κ2) is 5.70. The van der Waals surface area contributed by atoms with Gasteiger partial charge in [-0.15, -0.1) is 0 Å². The van der Waals surface area contributed by atoms with E-state index in [2.05, 4.69) is 0 Å². The summed E-state index contributed by atoms with van der Waals surface area (Å²) in [5.41, 5.74) is -3.48. The molecule has 118 valence electrons. The van der Waals surface area contributed by atoms with E-state index in [0.29, 0.717) is 23.6 Å². The molecule has 0 amide bonds. The number of benzene rings is 1. The van der Waals surface area contributed by atoms with E-state index in [9.17, 15) is 34.8 Å². The van der Waals surface area contributed by atoms with Crippen LogP contribution >= 0.6 is 0 Å². The summed E-state index contributed by atoms with van der Waals surface area (Å²) in [5.74, 6) is -0.311. The first kappa shape index (κ1) is 17.5. The molecule has 0 aliphatic carbocycles. The lowest BCUT2D eigenvalue weighted by atomic mass is 10.0. The molecular weight excluding hydrogens is 322 g/mol. The van der Waals surface area contributed by atoms with Gasteiger partial charge >= 0.3 is 12.4 Å². The van der Waals surface area contributed by atoms with Crippen molar-refractivity contribution >= 4 is 15.9 Å². The average Bonchev–Trinajstić information content (AvgIpc) is 2.34. The Morgan fingerprint density at radius 2 is 1.38 bits per heavy atom. The molecule has 0 spiro atoms. The quantitative estimate of drug-likeness (QED) is 0.780. The molecule has 0 aliphatic rings. The van der Waals surface area contributed by atoms with E-state index in [-0.39, 0.29) is 11.8 Å². The zero-order valence-electron chi connectivity index (χ0n) is 10.6. The van der Waals surface area contributed by atoms with Gasteiger partial charge in [-0.1, -0.05) is 6.92 Å². The molecule has 1 aromatic carbocycles. The van der Waals surface area contributed by atoms with Gasteiger partial charge in [0.1, 0.15) is 0 Å². The molecule has 0 unspecified atom stereocenters. The fourth-order valence-electron chi connectivity index (χ4n) is 1.35. The summed E-state index contributed by atoms with van der Waals surface area (Å²) in [6.45, 7) is 1.30. The maximum Gasteiger partial charge on any atom is 0.416 e. The van der Waals surface area contributed by atoms with Gasteiger partial charge in [-0.2, -0.15) is 26.3 Å². The maximum atomic E-state index is 12.6. The number of sulfone groups is 1. The highest BCUT2D eigenvalue weighted by Gasteiger charge is 2.36. The van der Waals surface area contributed by atoms with Crippen molar-refractivity contribution in [3.8, 4) is 0 Å². The Balaban J connectivity index is 3.40. The Kier molecular flexibility index (Phi) is 4.76. The summed E-state index contributed by atoms with van der Waals surface area (Å²) < 4.78 is 97.8. The SMILES string of the molecule is CCS(=O)(=O)/C=C/c1cc(C(F)(F)F)cc(C(F)(F)F)c1. The smallest absolute Gasteiger partial charge is 0.224 e. The van der Waals surface area contributed by atoms with E-state index in [1.54, 1.807) is 0 Å². The Morgan fingerprint density at radius 1 is 0.952 bits per heavy atom. The monoisotopic (exact) mass is 332 g/mol. The van der Waals surface area contributed by atoms with E-state index in [4.69, 9.17) is 0 Å². The van der Waals surface area contributed by atoms with Gasteiger partial charge in [0.05, 0.1) is 16.9 Å². The van der Waals surface area contributed by atoms with Crippen LogP contribution in [-0.2, 0) is 22.2 Å². The summed E-state index contributed by atoms with van der Waals surface area (Å²) in [7, 11) is -3.66. The molecule has 0 heterocycles. The standard InChI is InChI=1S/C12H10F6O2S/c1-2-21(19,20)4-3-8-5-9(11(13,14)15)7-10(6-8)12(16,17)18/h3-7H,2H2,1H3/b4-3+. The van der Waals surface area contributed by atoms with E-state index >= 15 is 0 Å². The summed E-state index contributed by atoms with van der Waals surface area (Å²) in [6.07, 6.45) is -9.22. The van der Waals surface area contributed by atoms with Crippen molar-refractivity contribution in [2.24, 2.45) is 0 Å². The molecule has 0 aliphatic heterocycles. The lowest BCUT2D eigenvalue weighted by molar-refractivity contribution is -0.143. The zero-order chi connectivity index (χ0) is 16.5. The second-order valence-corrected chi connectivity index (χ2v) is 6.27. The highest BCUT2D eigenvalue weighted by molar-refractivity contribution is 7.94. The third-order valence-corrected chi connectivity index (χ3v) is 3.84. The Bertz CT molecular complexity index is 608. The molecule has 0 aromatic heterocycles. The Labute approximate surface area is 117 Å². The van der Waals surface area contributed by atoms with Crippen LogP contribution in [0.5, 0.6) is 0 Å². The van der Waals surface area contributed by atoms with Gasteiger partial charge in [0, 0.05) is 5.41 Å². The first-order valence-electron chi connectivity index (χ1n) is 5.55. The van der Waals surface area contributed by atoms with Gasteiger partial charge in [0.15, 0.2) is 9.84 Å². The minimum atomic E-state index is -4.96. The van der Waals surface area contributed by atoms with Gasteiger partial charge in [-0.3, -0.25) is 0 Å². The van der Waals surface area contributed by atoms with Gasteiger partial charge in [-0.05, 0) is 29.8 Å². The molecule has 0 bridgehead atoms. The Morgan fingerprint density at radius 3 is 1.71 bits per heavy atom. The first-order chi connectivity index (χ1) is 9.35. The zero-order valence-corrected chi connectivity index (χ0v) is 11.4. The van der Waals surface area contributed by atoms with Gasteiger partial charge in [0.25, 0.3) is 0 Å². The number of hydrogen-bond donors (Lipinski definition) is 0. The van der Waals surface area contributed by atoms with Crippen molar-refractivity contribution in [1.29, 1.82) is 0 Å². The van der Waals surface area contributed by atoms with Crippen molar-refractivity contribution in [1.82, 2.24) is 0 Å². The number of halogens is 6. The normalized spacial score (nSPS) is 13.9. The van der Waals surface area contributed by atoms with E-state index in [1.807, 2.05) is 0 Å². The minimum Gasteiger partial charge on any atom is -0.224 e. The summed E-state index contributed by atoms with van der Waals surface area (Å²) in [5, 5.41) is 0.586. The highest BCUT2D eigenvalue weighted by atomic mass is 32.2. The van der Waals surface area contributed by atoms with Crippen LogP contribution in [0.25, 0.3) is 6.08 Å². The molecule has 0 fully saturated rings. The maximum absolute atomic E-state index is 12.6. The van der Waals surface area contributed by atoms with Crippen LogP contribution in [0.1, 0.15) is 23.6 Å². The van der Waals surface area contributed by atoms with Gasteiger partial charge in [-0.25, -0.2) is 8.42 Å². The van der Waals surface area contributed by atoms with Gasteiger partial charge < -0.3 is 0 Å². The number of hydrogen-bond acceptors (Lipinski definition) is 2. The molecule has 0 saturated carbocycles. The number of rotatable bonds is 3. The van der Waals surface area contributed by atoms with Crippen LogP contribution in [0.2, 0.25) is 0 Å². The van der Waals surface area contributed by atoms with Crippen molar-refractivity contribution in [3.05, 3.63) is 40.3 Å². The van der Waals surface area contributed by atoms with Crippen molar-refractivity contribution in [3.63, 3.8) is 0 Å². The molecule has 1 aromatic rings. The van der Waals surface area contributed by atoms with Crippen molar-refractivity contribution < 1.29 is 34.8 Å². The molecule has 1 rings (SSSR count). The molecule has 2 nitrogen and oxygen atoms in total. The summed E-state index contributed by atoms with van der Waals surface area (Å²) in [4.78, 5) is 0. The molecular formula is C12H10F6O2S. The van der Waals surface area contributed by atoms with E-state index in [1.165, 1.54) is 6.92 Å². The molecule has 0 saturated heterocycles. The third kappa shape index (κ3) is 5.07. The van der Waals surface area contributed by atoms with Crippen LogP contribution in [0.15, 0.2) is 23.6 Å². The topological polar surface area (TPSA) is 34.1 Å². The Hall–Kier alpha value is -1.51. The molecule has 0 radical (unpaired) electrons. The molecule has 0 atom stereocenters.